The Morgan fingerprint density at radius 2 is 1.52 bits per heavy atom. The Balaban J connectivity index is 1.34. The minimum atomic E-state index is -4.14. The average Bonchev–Trinajstić information content (AvgIpc) is 3.60. The van der Waals surface area contributed by atoms with Crippen LogP contribution >= 0.6 is 12.0 Å². The number of aliphatic hydroxyl groups excluding tert-OH is 1. The van der Waals surface area contributed by atoms with Gasteiger partial charge >= 0.3 is 0 Å². The van der Waals surface area contributed by atoms with Crippen molar-refractivity contribution < 1.29 is 37.4 Å². The van der Waals surface area contributed by atoms with E-state index in [1.807, 2.05) is 18.2 Å². The van der Waals surface area contributed by atoms with Gasteiger partial charge in [-0.1, -0.05) is 124 Å². The monoisotopic (exact) mass is 864 g/mol. The van der Waals surface area contributed by atoms with Gasteiger partial charge < -0.3 is 19.6 Å². The quantitative estimate of drug-likeness (QED) is 0.0183. The summed E-state index contributed by atoms with van der Waals surface area (Å²) in [6.45, 7) is 10.8. The fourth-order valence-corrected chi connectivity index (χ4v) is 10.1. The van der Waals surface area contributed by atoms with Crippen LogP contribution in [0.25, 0.3) is 27.1 Å². The molecule has 0 radical (unpaired) electrons. The summed E-state index contributed by atoms with van der Waals surface area (Å²) < 4.78 is 44.3. The van der Waals surface area contributed by atoms with Gasteiger partial charge in [-0.25, -0.2) is 5.26 Å². The number of aliphatic hydroxyl groups is 1. The molecule has 61 heavy (non-hydrogen) atoms. The zero-order valence-electron chi connectivity index (χ0n) is 35.3. The topological polar surface area (TPSA) is 129 Å². The number of nitrogens with zero attached hydrogens (tertiary/aromatic N) is 2. The van der Waals surface area contributed by atoms with Crippen LogP contribution in [0.1, 0.15) is 70.1 Å². The van der Waals surface area contributed by atoms with Crippen LogP contribution in [0.3, 0.4) is 0 Å². The maximum Gasteiger partial charge on any atom is 0.264 e. The molecule has 3 N–H and O–H groups in total. The number of rotatable bonds is 19. The van der Waals surface area contributed by atoms with Gasteiger partial charge in [-0.05, 0) is 99.8 Å². The molecule has 2 aliphatic rings. The summed E-state index contributed by atoms with van der Waals surface area (Å²) in [6, 6.07) is 33.6. The second-order valence-corrected chi connectivity index (χ2v) is 19.1. The lowest BCUT2D eigenvalue weighted by Gasteiger charge is -2.32. The van der Waals surface area contributed by atoms with Crippen LogP contribution < -0.4 is 14.5 Å². The maximum absolute atomic E-state index is 11.9. The molecule has 5 aromatic carbocycles. The molecule has 0 aromatic heterocycles. The zero-order chi connectivity index (χ0) is 43.2. The Labute approximate surface area is 363 Å². The smallest absolute Gasteiger partial charge is 0.264 e. The van der Waals surface area contributed by atoms with Gasteiger partial charge in [-0.15, -0.1) is 4.33 Å². The molecule has 0 fully saturated rings. The minimum absolute atomic E-state index is 0.0299. The highest BCUT2D eigenvalue weighted by molar-refractivity contribution is 7.94. The molecule has 2 aliphatic heterocycles. The molecule has 5 aromatic rings. The van der Waals surface area contributed by atoms with Crippen molar-refractivity contribution in [2.75, 3.05) is 47.6 Å². The summed E-state index contributed by atoms with van der Waals surface area (Å²) >= 11 is 1.06. The fraction of sp³-hybridized carbons (Fsp3) is 0.347. The van der Waals surface area contributed by atoms with Crippen LogP contribution in [0.4, 0.5) is 11.4 Å². The van der Waals surface area contributed by atoms with Gasteiger partial charge in [0.25, 0.3) is 10.1 Å². The third-order valence-corrected chi connectivity index (χ3v) is 13.5. The highest BCUT2D eigenvalue weighted by atomic mass is 32.2. The summed E-state index contributed by atoms with van der Waals surface area (Å²) in [7, 11) is -4.14. The molecule has 1 atom stereocenters. The maximum atomic E-state index is 11.9. The van der Waals surface area contributed by atoms with E-state index in [2.05, 4.69) is 146 Å². The molecule has 7 rings (SSSR count). The molecule has 0 aliphatic carbocycles. The molecule has 0 saturated heterocycles. The Morgan fingerprint density at radius 1 is 0.820 bits per heavy atom. The first-order chi connectivity index (χ1) is 29.3. The first kappa shape index (κ1) is 44.4. The fourth-order valence-electron chi connectivity index (χ4n) is 9.28. The van der Waals surface area contributed by atoms with Gasteiger partial charge in [0, 0.05) is 65.4 Å². The van der Waals surface area contributed by atoms with E-state index in [-0.39, 0.29) is 30.2 Å². The van der Waals surface area contributed by atoms with Gasteiger partial charge in [0.05, 0.1) is 18.4 Å². The second kappa shape index (κ2) is 19.2. The molecule has 2 heterocycles. The normalized spacial score (nSPS) is 17.9. The van der Waals surface area contributed by atoms with E-state index < -0.39 is 15.5 Å². The number of benzene rings is 5. The number of ether oxygens (including phenoxy) is 1. The van der Waals surface area contributed by atoms with Crippen molar-refractivity contribution in [3.8, 4) is 5.75 Å². The van der Waals surface area contributed by atoms with Crippen molar-refractivity contribution >= 4 is 60.7 Å². The molecule has 0 amide bonds. The first-order valence-electron chi connectivity index (χ1n) is 20.9. The lowest BCUT2D eigenvalue weighted by atomic mass is 9.78. The third-order valence-electron chi connectivity index (χ3n) is 12.0. The summed E-state index contributed by atoms with van der Waals surface area (Å²) in [5, 5.41) is 26.6. The number of fused-ring (bicyclic) bond motifs is 6. The lowest BCUT2D eigenvalue weighted by Crippen LogP contribution is -2.40. The lowest BCUT2D eigenvalue weighted by molar-refractivity contribution is -0.432. The van der Waals surface area contributed by atoms with Crippen LogP contribution in [0.5, 0.6) is 5.75 Å². The molecule has 0 bridgehead atoms. The Hall–Kier alpha value is -4.66. The van der Waals surface area contributed by atoms with Crippen molar-refractivity contribution in [2.45, 2.75) is 70.3 Å². The summed E-state index contributed by atoms with van der Waals surface area (Å²) in [6.07, 6.45) is 11.3. The van der Waals surface area contributed by atoms with E-state index in [1.165, 1.54) is 27.6 Å². The zero-order valence-corrected chi connectivity index (χ0v) is 36.9. The van der Waals surface area contributed by atoms with Gasteiger partial charge in [0.1, 0.15) is 5.75 Å². The first-order valence-corrected chi connectivity index (χ1v) is 23.5. The van der Waals surface area contributed by atoms with Crippen LogP contribution in [-0.2, 0) is 30.3 Å². The molecule has 322 valence electrons. The highest BCUT2D eigenvalue weighted by Gasteiger charge is 2.44. The van der Waals surface area contributed by atoms with E-state index in [0.29, 0.717) is 25.3 Å². The molecule has 0 saturated carbocycles. The van der Waals surface area contributed by atoms with Crippen LogP contribution in [0, 0.1) is 0 Å². The predicted octanol–water partition coefficient (Wildman–Crippen LogP) is 10.7. The predicted molar refractivity (Wildman–Crippen MR) is 249 cm³/mol. The van der Waals surface area contributed by atoms with Crippen molar-refractivity contribution in [3.05, 3.63) is 144 Å². The average molecular weight is 865 g/mol. The van der Waals surface area contributed by atoms with Crippen molar-refractivity contribution in [3.63, 3.8) is 0 Å². The number of allylic oxidation sites excluding steroid dienone is 5. The Morgan fingerprint density at radius 3 is 2.23 bits per heavy atom. The largest absolute Gasteiger partial charge is 0.494 e. The third kappa shape index (κ3) is 9.71. The molecular weight excluding hydrogens is 809 g/mol. The number of anilines is 2. The standard InChI is InChI=1S/C49H56N2O8S2/c1-48(2)44(50(28-12-32-60-59-58-53)42-24-20-36-14-5-7-18-40(36)46(42)48)26-22-35(38-16-11-17-39(34-38)57-31-10-9-30-52)23-27-45-49(3,4)47-41-19-8-6-15-37(41)21-25-43(47)51(45)29-13-33-61(54,55)56/h5-8,11,14-27,34,44,52-53H,9-10,12-13,28-33H2,1-4H3,(H,54,55,56). The van der Waals surface area contributed by atoms with E-state index >= 15 is 0 Å². The van der Waals surface area contributed by atoms with E-state index in [1.54, 1.807) is 0 Å². The number of unbranched alkanes of at least 4 members (excludes halogenated alkanes) is 1. The second-order valence-electron chi connectivity index (χ2n) is 16.8. The van der Waals surface area contributed by atoms with Crippen molar-refractivity contribution in [2.24, 2.45) is 0 Å². The minimum Gasteiger partial charge on any atom is -0.494 e. The van der Waals surface area contributed by atoms with Gasteiger partial charge in [-0.3, -0.25) is 4.55 Å². The Bertz CT molecular complexity index is 2550. The Kier molecular flexibility index (Phi) is 13.9. The highest BCUT2D eigenvalue weighted by Crippen LogP contribution is 2.52. The summed E-state index contributed by atoms with van der Waals surface area (Å²) in [5.74, 6) is 1.03. The SMILES string of the molecule is CC1(C)C(=CC=C(C=CC2N(CCCSOOO)c3ccc4ccccc4c3C2(C)C)c2cccc(OCCCCO)c2)N(CCCS(=O)(=O)O)c2ccc3ccccc3c21. The van der Waals surface area contributed by atoms with Crippen LogP contribution in [0.15, 0.2) is 127 Å². The number of hydrogen-bond acceptors (Lipinski definition) is 10. The summed E-state index contributed by atoms with van der Waals surface area (Å²) in [4.78, 5) is 4.67. The van der Waals surface area contributed by atoms with Crippen LogP contribution in [0.2, 0.25) is 0 Å². The van der Waals surface area contributed by atoms with Gasteiger partial charge in [-0.2, -0.15) is 8.42 Å². The van der Waals surface area contributed by atoms with Crippen LogP contribution in [-0.4, -0.2) is 67.2 Å². The molecule has 1 unspecified atom stereocenters. The molecule has 10 nitrogen and oxygen atoms in total. The summed E-state index contributed by atoms with van der Waals surface area (Å²) in [5.41, 5.74) is 6.89. The molecule has 0 spiro atoms. The van der Waals surface area contributed by atoms with Gasteiger partial charge in [0.2, 0.25) is 0 Å². The molecule has 12 heteroatoms. The molecular formula is C49H56N2O8S2. The van der Waals surface area contributed by atoms with Crippen molar-refractivity contribution in [1.82, 2.24) is 0 Å². The van der Waals surface area contributed by atoms with E-state index in [0.717, 1.165) is 70.5 Å². The van der Waals surface area contributed by atoms with Gasteiger partial charge in [0.15, 0.2) is 0 Å². The van der Waals surface area contributed by atoms with E-state index in [9.17, 15) is 18.1 Å². The van der Waals surface area contributed by atoms with E-state index in [4.69, 9.17) is 14.3 Å². The van der Waals surface area contributed by atoms with Crippen molar-refractivity contribution in [1.29, 1.82) is 0 Å². The number of hydrogen-bond donors (Lipinski definition) is 3.